The molecule has 44 heavy (non-hydrogen) atoms. The van der Waals surface area contributed by atoms with E-state index >= 15 is 0 Å². The molecule has 11 nitrogen and oxygen atoms in total. The zero-order valence-corrected chi connectivity index (χ0v) is 26.5. The van der Waals surface area contributed by atoms with E-state index in [0.29, 0.717) is 24.0 Å². The average molecular weight is 701 g/mol. The summed E-state index contributed by atoms with van der Waals surface area (Å²) in [6.07, 6.45) is -1.52. The van der Waals surface area contributed by atoms with E-state index in [1.165, 1.54) is 31.3 Å². The average Bonchev–Trinajstić information content (AvgIpc) is 2.92. The highest BCUT2D eigenvalue weighted by Crippen LogP contribution is 2.37. The lowest BCUT2D eigenvalue weighted by Crippen LogP contribution is -2.37. The minimum atomic E-state index is -5.16. The van der Waals surface area contributed by atoms with Crippen molar-refractivity contribution in [2.45, 2.75) is 44.1 Å². The van der Waals surface area contributed by atoms with Gasteiger partial charge in [0.2, 0.25) is 0 Å². The van der Waals surface area contributed by atoms with Crippen molar-refractivity contribution >= 4 is 60.6 Å². The smallest absolute Gasteiger partial charge is 0.405 e. The van der Waals surface area contributed by atoms with E-state index in [1.54, 1.807) is 4.90 Å². The van der Waals surface area contributed by atoms with Crippen LogP contribution in [0.4, 0.5) is 13.2 Å². The molecule has 0 saturated carbocycles. The summed E-state index contributed by atoms with van der Waals surface area (Å²) in [6, 6.07) is 4.71. The third kappa shape index (κ3) is 8.09. The normalized spacial score (nSPS) is 18.1. The van der Waals surface area contributed by atoms with Crippen LogP contribution in [0.1, 0.15) is 30.9 Å². The molecule has 2 unspecified atom stereocenters. The lowest BCUT2D eigenvalue weighted by Gasteiger charge is -2.31. The molecule has 240 valence electrons. The van der Waals surface area contributed by atoms with Gasteiger partial charge in [-0.25, -0.2) is 13.2 Å². The number of ether oxygens (including phenoxy) is 1. The van der Waals surface area contributed by atoms with Crippen molar-refractivity contribution in [3.8, 4) is 5.75 Å². The molecule has 0 spiro atoms. The van der Waals surface area contributed by atoms with E-state index in [4.69, 9.17) is 23.2 Å². The van der Waals surface area contributed by atoms with Gasteiger partial charge in [0, 0.05) is 29.6 Å². The van der Waals surface area contributed by atoms with Gasteiger partial charge in [-0.3, -0.25) is 14.3 Å². The number of halogens is 5. The molecular weight excluding hydrogens is 672 g/mol. The fourth-order valence-electron chi connectivity index (χ4n) is 4.96. The SMILES string of the molecule is CCS(=O)(=O)c1ccc(Cl)cc1Cn1c(=O)[nH]c2c(Cl)c(CN3CCCC(C=N[S+](C)(=O)O)C3)c(OC(F)(F)F)cc2c1=O. The quantitative estimate of drug-likeness (QED) is 0.244. The van der Waals surface area contributed by atoms with Crippen molar-refractivity contribution in [3.63, 3.8) is 0 Å². The number of sulfone groups is 1. The Bertz CT molecular complexity index is 1890. The van der Waals surface area contributed by atoms with Crippen LogP contribution in [0.25, 0.3) is 10.9 Å². The first kappa shape index (κ1) is 34.1. The van der Waals surface area contributed by atoms with Crippen molar-refractivity contribution in [2.24, 2.45) is 10.3 Å². The Morgan fingerprint density at radius 3 is 2.57 bits per heavy atom. The summed E-state index contributed by atoms with van der Waals surface area (Å²) in [6.45, 7) is 1.42. The number of piperidine rings is 1. The van der Waals surface area contributed by atoms with Gasteiger partial charge in [-0.15, -0.1) is 13.2 Å². The maximum atomic E-state index is 13.5. The summed E-state index contributed by atoms with van der Waals surface area (Å²) in [5.41, 5.74) is -2.36. The van der Waals surface area contributed by atoms with Crippen LogP contribution < -0.4 is 16.0 Å². The van der Waals surface area contributed by atoms with E-state index in [0.717, 1.165) is 12.3 Å². The Morgan fingerprint density at radius 2 is 1.93 bits per heavy atom. The third-order valence-corrected chi connectivity index (χ3v) is 9.96. The number of nitrogens with zero attached hydrogens (tertiary/aromatic N) is 3. The zero-order valence-electron chi connectivity index (χ0n) is 23.4. The van der Waals surface area contributed by atoms with Gasteiger partial charge in [-0.2, -0.15) is 4.55 Å². The standard InChI is InChI=1S/C26H27Cl2F3N4O7S2/c1-3-44(40,41)21-7-6-17(27)9-16(21)13-35-24(36)18-10-20(42-26(29,30)31)19(22(28)23(18)33-25(35)37)14-34-8-4-5-15(12-34)11-32-43(2,38)39/h6-7,9-11,15H,3-5,8,12-14H2,1-2H3,(H-,33,36,37,38,39)/p+1. The van der Waals surface area contributed by atoms with Crippen LogP contribution >= 0.6 is 23.2 Å². The largest absolute Gasteiger partial charge is 0.573 e. The van der Waals surface area contributed by atoms with Gasteiger partial charge in [0.05, 0.1) is 39.3 Å². The van der Waals surface area contributed by atoms with Gasteiger partial charge in [-0.1, -0.05) is 30.1 Å². The van der Waals surface area contributed by atoms with Crippen LogP contribution in [0.3, 0.4) is 0 Å². The molecular formula is C26H28Cl2F3N4O7S2+. The van der Waals surface area contributed by atoms with Gasteiger partial charge < -0.3 is 9.72 Å². The Hall–Kier alpha value is -2.76. The van der Waals surface area contributed by atoms with Gasteiger partial charge >= 0.3 is 22.5 Å². The Morgan fingerprint density at radius 1 is 1.23 bits per heavy atom. The number of hydrogen-bond acceptors (Lipinski definition) is 7. The molecule has 3 aromatic rings. The second-order valence-electron chi connectivity index (χ2n) is 10.3. The molecule has 0 radical (unpaired) electrons. The van der Waals surface area contributed by atoms with Gasteiger partial charge in [0.15, 0.2) is 16.1 Å². The van der Waals surface area contributed by atoms with Gasteiger partial charge in [-0.05, 0) is 57.8 Å². The maximum Gasteiger partial charge on any atom is 0.573 e. The van der Waals surface area contributed by atoms with E-state index in [9.17, 15) is 39.9 Å². The highest BCUT2D eigenvalue weighted by atomic mass is 35.5. The number of nitrogens with one attached hydrogen (secondary N) is 1. The summed E-state index contributed by atoms with van der Waals surface area (Å²) >= 11 is 12.6. The first-order valence-corrected chi connectivity index (χ1v) is 17.4. The minimum Gasteiger partial charge on any atom is -0.405 e. The third-order valence-electron chi connectivity index (χ3n) is 6.96. The Balaban J connectivity index is 1.81. The molecule has 0 amide bonds. The van der Waals surface area contributed by atoms with E-state index in [1.807, 2.05) is 0 Å². The number of aromatic amines is 1. The molecule has 18 heteroatoms. The lowest BCUT2D eigenvalue weighted by atomic mass is 9.98. The first-order chi connectivity index (χ1) is 20.4. The van der Waals surface area contributed by atoms with Crippen molar-refractivity contribution in [2.75, 3.05) is 25.1 Å². The Kier molecular flexibility index (Phi) is 10.0. The summed E-state index contributed by atoms with van der Waals surface area (Å²) < 4.78 is 95.3. The zero-order chi connectivity index (χ0) is 32.6. The molecule has 2 atom stereocenters. The number of fused-ring (bicyclic) bond motifs is 1. The fourth-order valence-corrected chi connectivity index (χ4v) is 6.96. The van der Waals surface area contributed by atoms with Crippen molar-refractivity contribution in [1.82, 2.24) is 14.5 Å². The molecule has 2 aromatic carbocycles. The van der Waals surface area contributed by atoms with Crippen molar-refractivity contribution < 1.29 is 35.1 Å². The van der Waals surface area contributed by atoms with E-state index in [2.05, 4.69) is 14.1 Å². The highest BCUT2D eigenvalue weighted by molar-refractivity contribution is 7.95. The number of likely N-dealkylation sites (tertiary alicyclic amines) is 1. The van der Waals surface area contributed by atoms with Crippen LogP contribution in [0.2, 0.25) is 10.0 Å². The molecule has 1 aliphatic rings. The summed E-state index contributed by atoms with van der Waals surface area (Å²) in [5.74, 6) is -1.29. The van der Waals surface area contributed by atoms with E-state index < -0.39 is 55.5 Å². The molecule has 0 bridgehead atoms. The lowest BCUT2D eigenvalue weighted by molar-refractivity contribution is -0.274. The van der Waals surface area contributed by atoms with Gasteiger partial charge in [0.1, 0.15) is 5.75 Å². The number of aromatic nitrogens is 2. The maximum absolute atomic E-state index is 13.5. The second kappa shape index (κ2) is 12.9. The van der Waals surface area contributed by atoms with Crippen LogP contribution in [-0.4, -0.2) is 65.1 Å². The predicted octanol–water partition coefficient (Wildman–Crippen LogP) is 4.54. The molecule has 1 aliphatic heterocycles. The minimum absolute atomic E-state index is 0.0315. The van der Waals surface area contributed by atoms with Crippen molar-refractivity contribution in [1.29, 1.82) is 0 Å². The first-order valence-electron chi connectivity index (χ1n) is 13.1. The van der Waals surface area contributed by atoms with Crippen LogP contribution in [0, 0.1) is 5.92 Å². The van der Waals surface area contributed by atoms with E-state index in [-0.39, 0.29) is 56.3 Å². The number of alkyl halides is 3. The number of rotatable bonds is 9. The molecule has 1 fully saturated rings. The molecule has 1 saturated heterocycles. The predicted molar refractivity (Wildman–Crippen MR) is 162 cm³/mol. The molecule has 1 aromatic heterocycles. The molecule has 2 N–H and O–H groups in total. The second-order valence-corrected chi connectivity index (χ2v) is 15.1. The van der Waals surface area contributed by atoms with Crippen LogP contribution in [-0.2, 0) is 37.5 Å². The monoisotopic (exact) mass is 699 g/mol. The number of H-pyrrole nitrogens is 1. The highest BCUT2D eigenvalue weighted by Gasteiger charge is 2.34. The number of hydrogen-bond donors (Lipinski definition) is 2. The molecule has 0 aliphatic carbocycles. The molecule has 4 rings (SSSR count). The Labute approximate surface area is 260 Å². The summed E-state index contributed by atoms with van der Waals surface area (Å²) in [5, 5.41) is -0.605. The van der Waals surface area contributed by atoms with Crippen LogP contribution in [0.5, 0.6) is 5.75 Å². The van der Waals surface area contributed by atoms with Crippen molar-refractivity contribution in [3.05, 3.63) is 66.3 Å². The molecule has 2 heterocycles. The summed E-state index contributed by atoms with van der Waals surface area (Å²) in [7, 11) is -7.16. The number of benzene rings is 2. The fraction of sp³-hybridized carbons (Fsp3) is 0.423. The van der Waals surface area contributed by atoms with Crippen LogP contribution in [0.15, 0.2) is 43.1 Å². The van der Waals surface area contributed by atoms with Gasteiger partial charge in [0.25, 0.3) is 5.56 Å². The topological polar surface area (TPSA) is 151 Å². The summed E-state index contributed by atoms with van der Waals surface area (Å²) in [4.78, 5) is 30.7.